The zero-order valence-corrected chi connectivity index (χ0v) is 22.5. The van der Waals surface area contributed by atoms with Gasteiger partial charge in [-0.3, -0.25) is 29.0 Å². The van der Waals surface area contributed by atoms with Gasteiger partial charge < -0.3 is 14.3 Å². The molecule has 0 saturated carbocycles. The van der Waals surface area contributed by atoms with E-state index in [2.05, 4.69) is 32.7 Å². The van der Waals surface area contributed by atoms with Crippen LogP contribution in [0.25, 0.3) is 10.8 Å². The van der Waals surface area contributed by atoms with Gasteiger partial charge in [-0.2, -0.15) is 0 Å². The summed E-state index contributed by atoms with van der Waals surface area (Å²) in [4.78, 5) is 55.2. The lowest BCUT2D eigenvalue weighted by Crippen LogP contribution is -2.51. The van der Waals surface area contributed by atoms with Crippen molar-refractivity contribution < 1.29 is 33.5 Å². The Kier molecular flexibility index (Phi) is 6.35. The topological polar surface area (TPSA) is 124 Å². The molecule has 11 heteroatoms. The average molecular weight is 515 g/mol. The van der Waals surface area contributed by atoms with Gasteiger partial charge in [-0.1, -0.05) is 0 Å². The second-order valence-electron chi connectivity index (χ2n) is 10.6. The van der Waals surface area contributed by atoms with Crippen LogP contribution in [-0.2, 0) is 4.12 Å². The maximum Gasteiger partial charge on any atom is 0.261 e. The number of hydrogen-bond donors (Lipinski definition) is 2. The van der Waals surface area contributed by atoms with E-state index < -0.39 is 59.5 Å². The van der Waals surface area contributed by atoms with E-state index >= 15 is 0 Å². The van der Waals surface area contributed by atoms with E-state index in [0.717, 1.165) is 4.90 Å². The Bertz CT molecular complexity index is 1190. The second-order valence-corrected chi connectivity index (χ2v) is 19.6. The third-order valence-corrected chi connectivity index (χ3v) is 12.4. The molecule has 4 amide bonds. The first-order valence-electron chi connectivity index (χ1n) is 11.6. The van der Waals surface area contributed by atoms with Crippen molar-refractivity contribution in [3.63, 3.8) is 0 Å². The van der Waals surface area contributed by atoms with Gasteiger partial charge in [0.05, 0.1) is 19.3 Å². The molecule has 2 heterocycles. The summed E-state index contributed by atoms with van der Waals surface area (Å²) in [6.45, 7) is 9.56. The van der Waals surface area contributed by atoms with Crippen LogP contribution >= 0.6 is 0 Å². The van der Waals surface area contributed by atoms with Crippen LogP contribution in [-0.4, -0.2) is 86.1 Å². The Morgan fingerprint density at radius 1 is 0.743 bits per heavy atom. The molecule has 9 nitrogen and oxygen atoms in total. The van der Waals surface area contributed by atoms with E-state index in [4.69, 9.17) is 4.12 Å². The zero-order valence-electron chi connectivity index (χ0n) is 20.5. The quantitative estimate of drug-likeness (QED) is 0.409. The summed E-state index contributed by atoms with van der Waals surface area (Å²) in [5.74, 6) is -2.29. The van der Waals surface area contributed by atoms with Crippen LogP contribution in [0, 0.1) is 0 Å². The van der Waals surface area contributed by atoms with E-state index in [-0.39, 0.29) is 34.2 Å². The van der Waals surface area contributed by atoms with Crippen molar-refractivity contribution >= 4 is 51.0 Å². The zero-order chi connectivity index (χ0) is 25.9. The number of nitrogens with zero attached hydrogens (tertiary/aromatic N) is 2. The monoisotopic (exact) mass is 514 g/mol. The van der Waals surface area contributed by atoms with Crippen LogP contribution in [0.5, 0.6) is 0 Å². The van der Waals surface area contributed by atoms with E-state index in [1.807, 2.05) is 0 Å². The molecule has 2 aromatic rings. The fourth-order valence-corrected chi connectivity index (χ4v) is 12.8. The van der Waals surface area contributed by atoms with Crippen molar-refractivity contribution in [2.45, 2.75) is 44.8 Å². The molecular formula is C24H30N2O7Si2. The normalized spacial score (nSPS) is 16.2. The van der Waals surface area contributed by atoms with Crippen molar-refractivity contribution in [2.24, 2.45) is 0 Å². The lowest BCUT2D eigenvalue weighted by Gasteiger charge is -2.35. The van der Waals surface area contributed by atoms with Crippen LogP contribution in [0.15, 0.2) is 24.3 Å². The Balaban J connectivity index is 1.75. The number of rotatable bonds is 8. The molecule has 186 valence electrons. The standard InChI is InChI=1S/C24H30N2O7Si2/c1-34(2,3)33-35(4,5)11-10-25-21(29)15-6-8-17-20-18(9-7-16(19(15)20)22(25)30)24(32)26(23(17)31)14(12-27)13-28/h6-9,14,27-28H,10-13H2,1-5H3. The maximum atomic E-state index is 13.4. The number of benzene rings is 2. The molecule has 35 heavy (non-hydrogen) atoms. The second kappa shape index (κ2) is 8.75. The SMILES string of the molecule is C[Si](C)(C)O[Si](C)(C)CCN1C(=O)c2ccc3c4c(ccc(c24)C1=O)C(=O)N(C(CO)CO)C3=O. The Hall–Kier alpha value is -2.71. The number of amides is 4. The van der Waals surface area contributed by atoms with Gasteiger partial charge in [0.2, 0.25) is 0 Å². The number of carbonyl (C=O) groups is 4. The summed E-state index contributed by atoms with van der Waals surface area (Å²) < 4.78 is 6.35. The van der Waals surface area contributed by atoms with Gasteiger partial charge in [0.15, 0.2) is 16.6 Å². The molecule has 4 rings (SSSR count). The molecule has 0 aromatic heterocycles. The highest BCUT2D eigenvalue weighted by Gasteiger charge is 2.42. The number of carbonyl (C=O) groups excluding carboxylic acids is 4. The minimum atomic E-state index is -2.11. The van der Waals surface area contributed by atoms with Gasteiger partial charge in [-0.15, -0.1) is 0 Å². The average Bonchev–Trinajstić information content (AvgIpc) is 2.77. The highest BCUT2D eigenvalue weighted by atomic mass is 28.4. The highest BCUT2D eigenvalue weighted by Crippen LogP contribution is 2.38. The van der Waals surface area contributed by atoms with Crippen molar-refractivity contribution in [2.75, 3.05) is 19.8 Å². The molecule has 0 radical (unpaired) electrons. The van der Waals surface area contributed by atoms with Crippen LogP contribution < -0.4 is 0 Å². The molecule has 2 aliphatic rings. The molecule has 2 aromatic carbocycles. The number of hydrogen-bond acceptors (Lipinski definition) is 7. The van der Waals surface area contributed by atoms with Crippen molar-refractivity contribution in [3.05, 3.63) is 46.5 Å². The largest absolute Gasteiger partial charge is 0.456 e. The first-order valence-corrected chi connectivity index (χ1v) is 18.1. The Labute approximate surface area is 205 Å². The lowest BCUT2D eigenvalue weighted by atomic mass is 9.85. The number of imide groups is 2. The minimum Gasteiger partial charge on any atom is -0.456 e. The van der Waals surface area contributed by atoms with Gasteiger partial charge >= 0.3 is 0 Å². The molecule has 0 spiro atoms. The third kappa shape index (κ3) is 4.27. The van der Waals surface area contributed by atoms with Crippen molar-refractivity contribution in [1.82, 2.24) is 9.80 Å². The molecule has 2 aliphatic heterocycles. The van der Waals surface area contributed by atoms with Gasteiger partial charge in [0.25, 0.3) is 23.6 Å². The van der Waals surface area contributed by atoms with Gasteiger partial charge in [0.1, 0.15) is 0 Å². The van der Waals surface area contributed by atoms with Crippen molar-refractivity contribution in [3.8, 4) is 0 Å². The fourth-order valence-electron chi connectivity index (χ4n) is 4.96. The van der Waals surface area contributed by atoms with E-state index in [1.54, 1.807) is 0 Å². The fraction of sp³-hybridized carbons (Fsp3) is 0.417. The summed E-state index contributed by atoms with van der Waals surface area (Å²) in [5, 5.41) is 19.7. The molecule has 0 saturated heterocycles. The number of aliphatic hydroxyl groups excluding tert-OH is 2. The molecule has 0 aliphatic carbocycles. The van der Waals surface area contributed by atoms with Gasteiger partial charge in [-0.25, -0.2) is 0 Å². The van der Waals surface area contributed by atoms with Gasteiger partial charge in [-0.05, 0) is 63.0 Å². The number of aliphatic hydroxyl groups is 2. The first kappa shape index (κ1) is 25.4. The van der Waals surface area contributed by atoms with Crippen LogP contribution in [0.1, 0.15) is 41.4 Å². The van der Waals surface area contributed by atoms with Crippen LogP contribution in [0.3, 0.4) is 0 Å². The summed E-state index contributed by atoms with van der Waals surface area (Å²) in [5.41, 5.74) is 0.831. The third-order valence-electron chi connectivity index (χ3n) is 6.32. The van der Waals surface area contributed by atoms with Crippen LogP contribution in [0.4, 0.5) is 0 Å². The molecule has 0 bridgehead atoms. The maximum absolute atomic E-state index is 13.4. The summed E-state index contributed by atoms with van der Waals surface area (Å²) >= 11 is 0. The van der Waals surface area contributed by atoms with Gasteiger partial charge in [0, 0.05) is 39.6 Å². The van der Waals surface area contributed by atoms with Crippen LogP contribution in [0.2, 0.25) is 38.8 Å². The smallest absolute Gasteiger partial charge is 0.261 e. The van der Waals surface area contributed by atoms with E-state index in [9.17, 15) is 29.4 Å². The molecule has 2 N–H and O–H groups in total. The molecule has 0 atom stereocenters. The highest BCUT2D eigenvalue weighted by molar-refractivity contribution is 6.84. The summed E-state index contributed by atoms with van der Waals surface area (Å²) in [6, 6.07) is 5.46. The molecule has 0 fully saturated rings. The minimum absolute atomic E-state index is 0.151. The van der Waals surface area contributed by atoms with Crippen molar-refractivity contribution in [1.29, 1.82) is 0 Å². The Morgan fingerprint density at radius 2 is 1.14 bits per heavy atom. The molecular weight excluding hydrogens is 484 g/mol. The van der Waals surface area contributed by atoms with E-state index in [0.29, 0.717) is 11.4 Å². The first-order chi connectivity index (χ1) is 16.3. The Morgan fingerprint density at radius 3 is 1.51 bits per heavy atom. The molecule has 0 unspecified atom stereocenters. The predicted octanol–water partition coefficient (Wildman–Crippen LogP) is 2.44. The predicted molar refractivity (Wildman–Crippen MR) is 134 cm³/mol. The summed E-state index contributed by atoms with van der Waals surface area (Å²) in [6.07, 6.45) is 0. The van der Waals surface area contributed by atoms with E-state index in [1.165, 1.54) is 29.2 Å². The lowest BCUT2D eigenvalue weighted by molar-refractivity contribution is 0.0374. The summed E-state index contributed by atoms with van der Waals surface area (Å²) in [7, 11) is -3.89.